The molecule has 0 radical (unpaired) electrons. The average Bonchev–Trinajstić information content (AvgIpc) is 3.17. The number of aryl methyl sites for hydroxylation is 1. The van der Waals surface area contributed by atoms with Gasteiger partial charge in [0.15, 0.2) is 0 Å². The van der Waals surface area contributed by atoms with Crippen LogP contribution in [0.15, 0.2) is 60.8 Å². The number of rotatable bonds is 8. The number of benzene rings is 2. The topological polar surface area (TPSA) is 68.4 Å². The number of nitro groups is 1. The Labute approximate surface area is 193 Å². The Morgan fingerprint density at radius 2 is 1.88 bits per heavy atom. The lowest BCUT2D eigenvalue weighted by atomic mass is 10.0. The van der Waals surface area contributed by atoms with E-state index in [-0.39, 0.29) is 23.6 Å². The standard InChI is InChI=1S/C25H28ClN3O3/c1-17(2)19(4)28(25(30)21-11-10-18(3)24(14-21)29(31)32)16-23-9-6-12-27(23)15-20-7-5-8-22(26)13-20/h5-14,17,19H,15-16H2,1-4H3. The molecule has 0 spiro atoms. The van der Waals surface area contributed by atoms with E-state index in [9.17, 15) is 14.9 Å². The molecule has 0 bridgehead atoms. The lowest BCUT2D eigenvalue weighted by Crippen LogP contribution is -2.41. The van der Waals surface area contributed by atoms with E-state index in [0.717, 1.165) is 11.3 Å². The Morgan fingerprint density at radius 1 is 1.12 bits per heavy atom. The second kappa shape index (κ2) is 10.0. The van der Waals surface area contributed by atoms with Gasteiger partial charge in [0, 0.05) is 46.7 Å². The molecule has 0 fully saturated rings. The van der Waals surface area contributed by atoms with Crippen LogP contribution in [0.1, 0.15) is 48.0 Å². The first-order chi connectivity index (χ1) is 15.2. The molecule has 6 nitrogen and oxygen atoms in total. The molecule has 1 atom stereocenters. The minimum atomic E-state index is -0.446. The summed E-state index contributed by atoms with van der Waals surface area (Å²) in [5.74, 6) is 0.000493. The normalized spacial score (nSPS) is 12.1. The summed E-state index contributed by atoms with van der Waals surface area (Å²) < 4.78 is 2.09. The van der Waals surface area contributed by atoms with Gasteiger partial charge in [0.2, 0.25) is 0 Å². The Balaban J connectivity index is 1.91. The molecule has 1 aromatic heterocycles. The van der Waals surface area contributed by atoms with Crippen molar-refractivity contribution in [1.29, 1.82) is 0 Å². The minimum absolute atomic E-state index is 0.0441. The SMILES string of the molecule is Cc1ccc(C(=O)N(Cc2cccn2Cc2cccc(Cl)c2)C(C)C(C)C)cc1[N+](=O)[O-]. The lowest BCUT2D eigenvalue weighted by molar-refractivity contribution is -0.385. The fourth-order valence-corrected chi connectivity index (χ4v) is 3.83. The average molecular weight is 454 g/mol. The molecule has 0 aliphatic carbocycles. The lowest BCUT2D eigenvalue weighted by Gasteiger charge is -2.32. The fourth-order valence-electron chi connectivity index (χ4n) is 3.62. The van der Waals surface area contributed by atoms with Crippen molar-refractivity contribution in [1.82, 2.24) is 9.47 Å². The van der Waals surface area contributed by atoms with Gasteiger partial charge in [-0.3, -0.25) is 14.9 Å². The second-order valence-corrected chi connectivity index (χ2v) is 8.87. The van der Waals surface area contributed by atoms with Crippen LogP contribution in [0.5, 0.6) is 0 Å². The predicted molar refractivity (Wildman–Crippen MR) is 127 cm³/mol. The van der Waals surface area contributed by atoms with Gasteiger partial charge < -0.3 is 9.47 Å². The molecule has 0 aliphatic rings. The molecule has 0 N–H and O–H groups in total. The largest absolute Gasteiger partial charge is 0.345 e. The summed E-state index contributed by atoms with van der Waals surface area (Å²) >= 11 is 6.13. The molecule has 7 heteroatoms. The van der Waals surface area contributed by atoms with Crippen molar-refractivity contribution >= 4 is 23.2 Å². The number of hydrogen-bond acceptors (Lipinski definition) is 3. The van der Waals surface area contributed by atoms with Crippen LogP contribution >= 0.6 is 11.6 Å². The summed E-state index contributed by atoms with van der Waals surface area (Å²) in [6.07, 6.45) is 1.98. The van der Waals surface area contributed by atoms with Crippen LogP contribution < -0.4 is 0 Å². The summed E-state index contributed by atoms with van der Waals surface area (Å²) in [6.45, 7) is 8.84. The van der Waals surface area contributed by atoms with Crippen molar-refractivity contribution < 1.29 is 9.72 Å². The first-order valence-corrected chi connectivity index (χ1v) is 11.0. The van der Waals surface area contributed by atoms with Crippen molar-refractivity contribution in [3.05, 3.63) is 98.3 Å². The molecule has 168 valence electrons. The Bertz CT molecular complexity index is 1120. The maximum Gasteiger partial charge on any atom is 0.273 e. The summed E-state index contributed by atoms with van der Waals surface area (Å²) in [4.78, 5) is 26.2. The molecule has 3 rings (SSSR count). The number of nitrogens with zero attached hydrogens (tertiary/aromatic N) is 3. The highest BCUT2D eigenvalue weighted by Gasteiger charge is 2.26. The zero-order valence-corrected chi connectivity index (χ0v) is 19.5. The van der Waals surface area contributed by atoms with E-state index in [4.69, 9.17) is 11.6 Å². The van der Waals surface area contributed by atoms with Gasteiger partial charge in [-0.2, -0.15) is 0 Å². The molecule has 1 amide bonds. The molecule has 2 aromatic carbocycles. The maximum atomic E-state index is 13.5. The number of carbonyl (C=O) groups excluding carboxylic acids is 1. The quantitative estimate of drug-likeness (QED) is 0.306. The number of hydrogen-bond donors (Lipinski definition) is 0. The first-order valence-electron chi connectivity index (χ1n) is 10.6. The molecule has 0 saturated heterocycles. The van der Waals surface area contributed by atoms with Crippen LogP contribution in [0.4, 0.5) is 5.69 Å². The molecule has 0 saturated carbocycles. The smallest absolute Gasteiger partial charge is 0.273 e. The van der Waals surface area contributed by atoms with Crippen molar-refractivity contribution in [2.75, 3.05) is 0 Å². The highest BCUT2D eigenvalue weighted by Crippen LogP contribution is 2.24. The molecule has 1 heterocycles. The van der Waals surface area contributed by atoms with Crippen LogP contribution in [-0.2, 0) is 13.1 Å². The van der Waals surface area contributed by atoms with Gasteiger partial charge in [0.05, 0.1) is 11.5 Å². The second-order valence-electron chi connectivity index (χ2n) is 8.43. The number of nitro benzene ring substituents is 1. The van der Waals surface area contributed by atoms with E-state index in [0.29, 0.717) is 29.2 Å². The molecular formula is C25H28ClN3O3. The van der Waals surface area contributed by atoms with Crippen molar-refractivity contribution in [2.45, 2.75) is 46.8 Å². The highest BCUT2D eigenvalue weighted by atomic mass is 35.5. The van der Waals surface area contributed by atoms with E-state index >= 15 is 0 Å². The number of aromatic nitrogens is 1. The number of carbonyl (C=O) groups is 1. The van der Waals surface area contributed by atoms with Gasteiger partial charge in [0.25, 0.3) is 11.6 Å². The monoisotopic (exact) mass is 453 g/mol. The Kier molecular flexibility index (Phi) is 7.36. The number of amides is 1. The van der Waals surface area contributed by atoms with Gasteiger partial charge in [-0.25, -0.2) is 0 Å². The van der Waals surface area contributed by atoms with Gasteiger partial charge in [-0.15, -0.1) is 0 Å². The van der Waals surface area contributed by atoms with Crippen LogP contribution in [0.2, 0.25) is 5.02 Å². The van der Waals surface area contributed by atoms with Crippen molar-refractivity contribution in [3.63, 3.8) is 0 Å². The zero-order chi connectivity index (χ0) is 23.4. The van der Waals surface area contributed by atoms with E-state index in [2.05, 4.69) is 18.4 Å². The van der Waals surface area contributed by atoms with Crippen LogP contribution in [0.3, 0.4) is 0 Å². The molecule has 1 unspecified atom stereocenters. The maximum absolute atomic E-state index is 13.5. The fraction of sp³-hybridized carbons (Fsp3) is 0.320. The van der Waals surface area contributed by atoms with Gasteiger partial charge >= 0.3 is 0 Å². The molecule has 0 aliphatic heterocycles. The van der Waals surface area contributed by atoms with Crippen LogP contribution in [-0.4, -0.2) is 26.3 Å². The third-order valence-corrected chi connectivity index (χ3v) is 6.10. The summed E-state index contributed by atoms with van der Waals surface area (Å²) in [5, 5.41) is 12.1. The number of halogens is 1. The van der Waals surface area contributed by atoms with E-state index in [1.807, 2.05) is 49.5 Å². The summed E-state index contributed by atoms with van der Waals surface area (Å²) in [6, 6.07) is 16.3. The van der Waals surface area contributed by atoms with Gasteiger partial charge in [-0.1, -0.05) is 43.6 Å². The minimum Gasteiger partial charge on any atom is -0.345 e. The van der Waals surface area contributed by atoms with Gasteiger partial charge in [-0.05, 0) is 55.7 Å². The highest BCUT2D eigenvalue weighted by molar-refractivity contribution is 6.30. The van der Waals surface area contributed by atoms with E-state index < -0.39 is 4.92 Å². The van der Waals surface area contributed by atoms with E-state index in [1.54, 1.807) is 24.0 Å². The van der Waals surface area contributed by atoms with Crippen LogP contribution in [0, 0.1) is 23.0 Å². The summed E-state index contributed by atoms with van der Waals surface area (Å²) in [5.41, 5.74) is 2.86. The van der Waals surface area contributed by atoms with Crippen LogP contribution in [0.25, 0.3) is 0 Å². The predicted octanol–water partition coefficient (Wildman–Crippen LogP) is 6.09. The van der Waals surface area contributed by atoms with E-state index in [1.165, 1.54) is 6.07 Å². The molecular weight excluding hydrogens is 426 g/mol. The molecule has 32 heavy (non-hydrogen) atoms. The summed E-state index contributed by atoms with van der Waals surface area (Å²) in [7, 11) is 0. The zero-order valence-electron chi connectivity index (χ0n) is 18.8. The van der Waals surface area contributed by atoms with Gasteiger partial charge in [0.1, 0.15) is 0 Å². The van der Waals surface area contributed by atoms with Crippen molar-refractivity contribution in [3.8, 4) is 0 Å². The Hall–Kier alpha value is -3.12. The third kappa shape index (κ3) is 5.37. The molecule has 3 aromatic rings. The third-order valence-electron chi connectivity index (χ3n) is 5.87. The van der Waals surface area contributed by atoms with Crippen molar-refractivity contribution in [2.24, 2.45) is 5.92 Å². The first kappa shape index (κ1) is 23.5. The Morgan fingerprint density at radius 3 is 2.53 bits per heavy atom.